The lowest BCUT2D eigenvalue weighted by Gasteiger charge is -2.22. The first-order chi connectivity index (χ1) is 17.7. The number of aromatic nitrogens is 6. The molecule has 0 saturated heterocycles. The highest BCUT2D eigenvalue weighted by atomic mass is 19.1. The van der Waals surface area contributed by atoms with Gasteiger partial charge in [0.2, 0.25) is 5.91 Å². The van der Waals surface area contributed by atoms with E-state index in [-0.39, 0.29) is 23.3 Å². The zero-order valence-electron chi connectivity index (χ0n) is 19.8. The lowest BCUT2D eigenvalue weighted by Crippen LogP contribution is -2.34. The Bertz CT molecular complexity index is 1700. The summed E-state index contributed by atoms with van der Waals surface area (Å²) in [6, 6.07) is 8.86. The molecule has 0 aliphatic carbocycles. The molecule has 11 heteroatoms. The Hall–Kier alpha value is -4.80. The summed E-state index contributed by atoms with van der Waals surface area (Å²) in [5, 5.41) is 2.77. The summed E-state index contributed by atoms with van der Waals surface area (Å²) in [5.74, 6) is -0.701. The normalized spacial score (nSPS) is 16.7. The van der Waals surface area contributed by atoms with Crippen molar-refractivity contribution < 1.29 is 13.6 Å². The first-order valence-corrected chi connectivity index (χ1v) is 11.4. The molecular weight excluding hydrogens is 478 g/mol. The molecule has 0 saturated carbocycles. The molecular formula is C26H20F2N8O. The number of imidazole rings is 1. The predicted molar refractivity (Wildman–Crippen MR) is 132 cm³/mol. The van der Waals surface area contributed by atoms with E-state index in [1.165, 1.54) is 24.3 Å². The molecule has 4 aromatic heterocycles. The fourth-order valence-corrected chi connectivity index (χ4v) is 4.63. The molecule has 184 valence electrons. The van der Waals surface area contributed by atoms with Gasteiger partial charge in [0.25, 0.3) is 0 Å². The second kappa shape index (κ2) is 8.12. The van der Waals surface area contributed by atoms with Crippen LogP contribution in [-0.2, 0) is 16.6 Å². The van der Waals surface area contributed by atoms with E-state index in [4.69, 9.17) is 10.7 Å². The molecule has 1 unspecified atom stereocenters. The van der Waals surface area contributed by atoms with Gasteiger partial charge in [0.05, 0.1) is 23.1 Å². The molecule has 1 atom stereocenters. The quantitative estimate of drug-likeness (QED) is 0.388. The number of nitrogens with one attached hydrogen (secondary N) is 1. The Balaban J connectivity index is 1.47. The van der Waals surface area contributed by atoms with Crippen LogP contribution in [0.15, 0.2) is 55.0 Å². The number of nitrogen functional groups attached to an aromatic ring is 1. The number of nitrogens with zero attached hydrogens (tertiary/aromatic N) is 6. The van der Waals surface area contributed by atoms with Crippen LogP contribution in [0.5, 0.6) is 0 Å². The maximum absolute atomic E-state index is 13.5. The lowest BCUT2D eigenvalue weighted by atomic mass is 9.81. The van der Waals surface area contributed by atoms with Crippen molar-refractivity contribution in [2.75, 3.05) is 11.1 Å². The van der Waals surface area contributed by atoms with Crippen LogP contribution in [0.3, 0.4) is 0 Å². The molecule has 3 N–H and O–H groups in total. The van der Waals surface area contributed by atoms with Crippen LogP contribution in [0.2, 0.25) is 0 Å². The topological polar surface area (TPSA) is 124 Å². The maximum Gasteiger partial charge on any atom is 0.242 e. The zero-order chi connectivity index (χ0) is 25.9. The number of pyridine rings is 1. The standard InChI is InChI=1S/C26H20F2N8O/c1-13-10-31-24-17(9-14-3-5-15(27)6-4-14)32-18(12-36(13)24)22-33-21(29)20-23(34-22)35-25(37)26(20,2)19-8-7-16(28)11-30-19/h3-8,10-12H,9H2,1-2H3,(H3,29,33,34,35,37). The van der Waals surface area contributed by atoms with Gasteiger partial charge in [0, 0.05) is 24.5 Å². The summed E-state index contributed by atoms with van der Waals surface area (Å²) in [6.07, 6.45) is 4.94. The molecule has 0 bridgehead atoms. The van der Waals surface area contributed by atoms with Gasteiger partial charge in [-0.25, -0.2) is 28.7 Å². The van der Waals surface area contributed by atoms with Gasteiger partial charge in [-0.05, 0) is 43.7 Å². The van der Waals surface area contributed by atoms with Crippen molar-refractivity contribution in [1.82, 2.24) is 29.3 Å². The third-order valence-electron chi connectivity index (χ3n) is 6.62. The van der Waals surface area contributed by atoms with Gasteiger partial charge in [-0.1, -0.05) is 12.1 Å². The number of rotatable bonds is 4. The zero-order valence-corrected chi connectivity index (χ0v) is 19.8. The number of benzene rings is 1. The average molecular weight is 498 g/mol. The summed E-state index contributed by atoms with van der Waals surface area (Å²) in [7, 11) is 0. The van der Waals surface area contributed by atoms with Gasteiger partial charge >= 0.3 is 0 Å². The van der Waals surface area contributed by atoms with Gasteiger partial charge < -0.3 is 15.5 Å². The van der Waals surface area contributed by atoms with Gasteiger partial charge in [-0.2, -0.15) is 0 Å². The number of halogens is 2. The van der Waals surface area contributed by atoms with Crippen LogP contribution in [0.25, 0.3) is 17.2 Å². The van der Waals surface area contributed by atoms with Crippen LogP contribution >= 0.6 is 0 Å². The predicted octanol–water partition coefficient (Wildman–Crippen LogP) is 3.60. The summed E-state index contributed by atoms with van der Waals surface area (Å²) < 4.78 is 28.8. The second-order valence-electron chi connectivity index (χ2n) is 9.07. The minimum atomic E-state index is -1.29. The summed E-state index contributed by atoms with van der Waals surface area (Å²) in [5.41, 5.74) is 9.23. The minimum absolute atomic E-state index is 0.0799. The molecule has 6 rings (SSSR count). The number of amides is 1. The Morgan fingerprint density at radius 3 is 2.49 bits per heavy atom. The Morgan fingerprint density at radius 1 is 1.00 bits per heavy atom. The molecule has 1 amide bonds. The number of hydrogen-bond donors (Lipinski definition) is 2. The van der Waals surface area contributed by atoms with Gasteiger partial charge in [0.15, 0.2) is 11.5 Å². The molecule has 1 aromatic carbocycles. The Kier molecular flexibility index (Phi) is 4.97. The van der Waals surface area contributed by atoms with Crippen LogP contribution in [0.1, 0.15) is 35.1 Å². The molecule has 5 heterocycles. The molecule has 5 aromatic rings. The van der Waals surface area contributed by atoms with E-state index in [1.54, 1.807) is 31.5 Å². The van der Waals surface area contributed by atoms with Crippen LogP contribution < -0.4 is 11.1 Å². The first-order valence-electron chi connectivity index (χ1n) is 11.4. The minimum Gasteiger partial charge on any atom is -0.383 e. The van der Waals surface area contributed by atoms with E-state index in [2.05, 4.69) is 25.3 Å². The van der Waals surface area contributed by atoms with E-state index in [1.807, 2.05) is 11.3 Å². The fraction of sp³-hybridized carbons (Fsp3) is 0.154. The summed E-state index contributed by atoms with van der Waals surface area (Å²) in [4.78, 5) is 35.5. The van der Waals surface area contributed by atoms with E-state index in [9.17, 15) is 13.6 Å². The van der Waals surface area contributed by atoms with Crippen molar-refractivity contribution in [2.45, 2.75) is 25.7 Å². The largest absolute Gasteiger partial charge is 0.383 e. The molecule has 1 aliphatic rings. The van der Waals surface area contributed by atoms with Crippen molar-refractivity contribution in [3.05, 3.63) is 94.8 Å². The SMILES string of the molecule is Cc1cnc2c(Cc3ccc(F)cc3)nc(-c3nc(N)c4c(n3)NC(=O)C4(C)c3ccc(F)cn3)cn12. The number of fused-ring (bicyclic) bond motifs is 2. The van der Waals surface area contributed by atoms with E-state index >= 15 is 0 Å². The van der Waals surface area contributed by atoms with Gasteiger partial charge in [0.1, 0.15) is 34.4 Å². The first kappa shape index (κ1) is 22.7. The van der Waals surface area contributed by atoms with Gasteiger partial charge in [-0.15, -0.1) is 0 Å². The number of carbonyl (C=O) groups excluding carboxylic acids is 1. The van der Waals surface area contributed by atoms with Crippen molar-refractivity contribution in [1.29, 1.82) is 0 Å². The van der Waals surface area contributed by atoms with E-state index in [0.717, 1.165) is 17.5 Å². The molecule has 9 nitrogen and oxygen atoms in total. The van der Waals surface area contributed by atoms with Crippen LogP contribution in [0, 0.1) is 18.6 Å². The highest BCUT2D eigenvalue weighted by Gasteiger charge is 2.48. The third kappa shape index (κ3) is 3.58. The smallest absolute Gasteiger partial charge is 0.242 e. The van der Waals surface area contributed by atoms with Crippen molar-refractivity contribution >= 4 is 23.2 Å². The molecule has 37 heavy (non-hydrogen) atoms. The monoisotopic (exact) mass is 498 g/mol. The number of anilines is 2. The number of nitrogens with two attached hydrogens (primary N) is 1. The molecule has 0 spiro atoms. The summed E-state index contributed by atoms with van der Waals surface area (Å²) >= 11 is 0. The van der Waals surface area contributed by atoms with Gasteiger partial charge in [-0.3, -0.25) is 9.78 Å². The average Bonchev–Trinajstić information content (AvgIpc) is 3.38. The number of aryl methyl sites for hydroxylation is 1. The van der Waals surface area contributed by atoms with Crippen molar-refractivity contribution in [3.63, 3.8) is 0 Å². The van der Waals surface area contributed by atoms with E-state index in [0.29, 0.717) is 34.7 Å². The molecule has 0 radical (unpaired) electrons. The van der Waals surface area contributed by atoms with E-state index < -0.39 is 17.1 Å². The Labute approximate surface area is 209 Å². The molecule has 0 fully saturated rings. The van der Waals surface area contributed by atoms with Crippen molar-refractivity contribution in [2.24, 2.45) is 0 Å². The highest BCUT2D eigenvalue weighted by Crippen LogP contribution is 2.44. The Morgan fingerprint density at radius 2 is 1.76 bits per heavy atom. The number of carbonyl (C=O) groups is 1. The van der Waals surface area contributed by atoms with Crippen LogP contribution in [0.4, 0.5) is 20.4 Å². The molecule has 1 aliphatic heterocycles. The fourth-order valence-electron chi connectivity index (χ4n) is 4.63. The maximum atomic E-state index is 13.5. The van der Waals surface area contributed by atoms with Crippen molar-refractivity contribution in [3.8, 4) is 11.5 Å². The van der Waals surface area contributed by atoms with Crippen LogP contribution in [-0.4, -0.2) is 35.2 Å². The highest BCUT2D eigenvalue weighted by molar-refractivity contribution is 6.08. The third-order valence-corrected chi connectivity index (χ3v) is 6.62. The number of hydrogen-bond acceptors (Lipinski definition) is 7. The second-order valence-corrected chi connectivity index (χ2v) is 9.07. The summed E-state index contributed by atoms with van der Waals surface area (Å²) in [6.45, 7) is 3.55. The lowest BCUT2D eigenvalue weighted by molar-refractivity contribution is -0.119.